The van der Waals surface area contributed by atoms with Crippen LogP contribution >= 0.6 is 0 Å². The van der Waals surface area contributed by atoms with Crippen molar-refractivity contribution < 1.29 is 18.3 Å². The van der Waals surface area contributed by atoms with Crippen molar-refractivity contribution in [1.82, 2.24) is 0 Å². The van der Waals surface area contributed by atoms with Gasteiger partial charge in [0.1, 0.15) is 6.61 Å². The van der Waals surface area contributed by atoms with Crippen LogP contribution in [0, 0.1) is 11.3 Å². The van der Waals surface area contributed by atoms with E-state index in [2.05, 4.69) is 0 Å². The Kier molecular flexibility index (Phi) is 2.84. The van der Waals surface area contributed by atoms with Crippen molar-refractivity contribution in [3.05, 3.63) is 35.9 Å². The summed E-state index contributed by atoms with van der Waals surface area (Å²) in [7, 11) is 0. The van der Waals surface area contributed by atoms with E-state index in [9.17, 15) is 13.6 Å². The Hall–Kier alpha value is -1.45. The first-order valence-corrected chi connectivity index (χ1v) is 6.61. The molecule has 3 rings (SSSR count). The standard InChI is InChI=1S/C15H16F2O2/c16-15(17)7-6-14(15)8-12(9-14)13(18)19-10-11-4-2-1-3-5-11/h1-5,12H,6-10H2. The van der Waals surface area contributed by atoms with Gasteiger partial charge in [0.25, 0.3) is 5.92 Å². The Labute approximate surface area is 110 Å². The predicted octanol–water partition coefficient (Wildman–Crippen LogP) is 3.56. The number of ether oxygens (including phenoxy) is 1. The van der Waals surface area contributed by atoms with Crippen molar-refractivity contribution in [3.8, 4) is 0 Å². The molecule has 2 fully saturated rings. The number of hydrogen-bond acceptors (Lipinski definition) is 2. The van der Waals surface area contributed by atoms with Crippen molar-refractivity contribution in [2.45, 2.75) is 38.2 Å². The zero-order chi connectivity index (χ0) is 13.5. The largest absolute Gasteiger partial charge is 0.461 e. The third-order valence-corrected chi connectivity index (χ3v) is 4.52. The van der Waals surface area contributed by atoms with E-state index in [0.717, 1.165) is 5.56 Å². The molecule has 0 aromatic heterocycles. The molecular formula is C15H16F2O2. The molecule has 0 bridgehead atoms. The molecule has 1 spiro atoms. The summed E-state index contributed by atoms with van der Waals surface area (Å²) in [6.07, 6.45) is 1.09. The average molecular weight is 266 g/mol. The second-order valence-corrected chi connectivity index (χ2v) is 5.68. The van der Waals surface area contributed by atoms with Crippen molar-refractivity contribution in [1.29, 1.82) is 0 Å². The minimum Gasteiger partial charge on any atom is -0.461 e. The van der Waals surface area contributed by atoms with Crippen molar-refractivity contribution >= 4 is 5.97 Å². The number of alkyl halides is 2. The van der Waals surface area contributed by atoms with Crippen molar-refractivity contribution in [3.63, 3.8) is 0 Å². The summed E-state index contributed by atoms with van der Waals surface area (Å²) in [5.74, 6) is -3.24. The lowest BCUT2D eigenvalue weighted by Gasteiger charge is -2.57. The molecule has 0 N–H and O–H groups in total. The summed E-state index contributed by atoms with van der Waals surface area (Å²) in [6, 6.07) is 9.37. The first-order valence-electron chi connectivity index (χ1n) is 6.61. The number of rotatable bonds is 3. The van der Waals surface area contributed by atoms with Crippen LogP contribution in [-0.2, 0) is 16.1 Å². The summed E-state index contributed by atoms with van der Waals surface area (Å²) >= 11 is 0. The van der Waals surface area contributed by atoms with E-state index >= 15 is 0 Å². The summed E-state index contributed by atoms with van der Waals surface area (Å²) < 4.78 is 31.9. The fourth-order valence-electron chi connectivity index (χ4n) is 3.07. The van der Waals surface area contributed by atoms with Crippen LogP contribution in [0.1, 0.15) is 31.2 Å². The maximum atomic E-state index is 13.4. The first kappa shape index (κ1) is 12.6. The van der Waals surface area contributed by atoms with E-state index in [4.69, 9.17) is 4.74 Å². The number of esters is 1. The minimum absolute atomic E-state index is 0.0290. The highest BCUT2D eigenvalue weighted by Gasteiger charge is 2.68. The van der Waals surface area contributed by atoms with E-state index in [1.54, 1.807) is 0 Å². The van der Waals surface area contributed by atoms with Gasteiger partial charge in [0.15, 0.2) is 0 Å². The molecule has 0 atom stereocenters. The monoisotopic (exact) mass is 266 g/mol. The number of halogens is 2. The van der Waals surface area contributed by atoms with Crippen LogP contribution in [0.5, 0.6) is 0 Å². The third kappa shape index (κ3) is 2.03. The molecule has 0 saturated heterocycles. The maximum Gasteiger partial charge on any atom is 0.309 e. The number of carbonyl (C=O) groups is 1. The predicted molar refractivity (Wildman–Crippen MR) is 65.6 cm³/mol. The van der Waals surface area contributed by atoms with Gasteiger partial charge in [0.05, 0.1) is 5.92 Å². The van der Waals surface area contributed by atoms with Crippen molar-refractivity contribution in [2.75, 3.05) is 0 Å². The lowest BCUT2D eigenvalue weighted by molar-refractivity contribution is -0.254. The van der Waals surface area contributed by atoms with Crippen LogP contribution in [-0.4, -0.2) is 11.9 Å². The van der Waals surface area contributed by atoms with Crippen LogP contribution in [0.25, 0.3) is 0 Å². The molecule has 0 radical (unpaired) electrons. The lowest BCUT2D eigenvalue weighted by atomic mass is 9.49. The van der Waals surface area contributed by atoms with Gasteiger partial charge in [0, 0.05) is 11.8 Å². The highest BCUT2D eigenvalue weighted by molar-refractivity contribution is 5.74. The van der Waals surface area contributed by atoms with Gasteiger partial charge < -0.3 is 4.74 Å². The molecule has 2 aliphatic rings. The Bertz CT molecular complexity index is 478. The Morgan fingerprint density at radius 2 is 1.89 bits per heavy atom. The number of carbonyl (C=O) groups excluding carboxylic acids is 1. The molecule has 2 nitrogen and oxygen atoms in total. The molecular weight excluding hydrogens is 250 g/mol. The molecule has 1 aromatic carbocycles. The zero-order valence-electron chi connectivity index (χ0n) is 10.6. The summed E-state index contributed by atoms with van der Waals surface area (Å²) in [5, 5.41) is 0. The highest BCUT2D eigenvalue weighted by Crippen LogP contribution is 2.66. The highest BCUT2D eigenvalue weighted by atomic mass is 19.3. The molecule has 19 heavy (non-hydrogen) atoms. The van der Waals surface area contributed by atoms with Gasteiger partial charge in [0.2, 0.25) is 0 Å². The van der Waals surface area contributed by atoms with Gasteiger partial charge in [-0.15, -0.1) is 0 Å². The van der Waals surface area contributed by atoms with Gasteiger partial charge >= 0.3 is 5.97 Å². The molecule has 0 unspecified atom stereocenters. The fraction of sp³-hybridized carbons (Fsp3) is 0.533. The van der Waals surface area contributed by atoms with Gasteiger partial charge in [-0.25, -0.2) is 8.78 Å². The van der Waals surface area contributed by atoms with Gasteiger partial charge in [-0.2, -0.15) is 0 Å². The van der Waals surface area contributed by atoms with Crippen molar-refractivity contribution in [2.24, 2.45) is 11.3 Å². The smallest absolute Gasteiger partial charge is 0.309 e. The molecule has 2 saturated carbocycles. The van der Waals surface area contributed by atoms with E-state index < -0.39 is 11.3 Å². The number of hydrogen-bond donors (Lipinski definition) is 0. The molecule has 0 heterocycles. The van der Waals surface area contributed by atoms with Crippen LogP contribution < -0.4 is 0 Å². The maximum absolute atomic E-state index is 13.4. The molecule has 2 aliphatic carbocycles. The molecule has 1 aromatic rings. The average Bonchev–Trinajstić information content (AvgIpc) is 2.35. The Morgan fingerprint density at radius 1 is 1.21 bits per heavy atom. The second kappa shape index (κ2) is 4.29. The molecule has 4 heteroatoms. The molecule has 0 aliphatic heterocycles. The fourth-order valence-corrected chi connectivity index (χ4v) is 3.07. The van der Waals surface area contributed by atoms with Crippen LogP contribution in [0.3, 0.4) is 0 Å². The van der Waals surface area contributed by atoms with Crippen LogP contribution in [0.15, 0.2) is 30.3 Å². The minimum atomic E-state index is -2.57. The summed E-state index contributed by atoms with van der Waals surface area (Å²) in [4.78, 5) is 11.8. The number of benzene rings is 1. The third-order valence-electron chi connectivity index (χ3n) is 4.52. The van der Waals surface area contributed by atoms with E-state index in [1.807, 2.05) is 30.3 Å². The summed E-state index contributed by atoms with van der Waals surface area (Å²) in [6.45, 7) is 0.222. The quantitative estimate of drug-likeness (QED) is 0.782. The summed E-state index contributed by atoms with van der Waals surface area (Å²) in [5.41, 5.74) is 0.0301. The Morgan fingerprint density at radius 3 is 2.42 bits per heavy atom. The second-order valence-electron chi connectivity index (χ2n) is 5.68. The van der Waals surface area contributed by atoms with Gasteiger partial charge in [-0.1, -0.05) is 30.3 Å². The Balaban J connectivity index is 1.49. The normalized spacial score (nSPS) is 31.4. The first-order chi connectivity index (χ1) is 9.02. The van der Waals surface area contributed by atoms with E-state index in [1.165, 1.54) is 0 Å². The molecule has 0 amide bonds. The zero-order valence-corrected chi connectivity index (χ0v) is 10.6. The molecule has 102 valence electrons. The van der Waals surface area contributed by atoms with E-state index in [0.29, 0.717) is 6.42 Å². The van der Waals surface area contributed by atoms with Crippen LogP contribution in [0.4, 0.5) is 8.78 Å². The SMILES string of the molecule is O=C(OCc1ccccc1)C1CC2(CCC2(F)F)C1. The van der Waals surface area contributed by atoms with Gasteiger partial charge in [-0.05, 0) is 24.8 Å². The van der Waals surface area contributed by atoms with E-state index in [-0.39, 0.29) is 37.8 Å². The van der Waals surface area contributed by atoms with Gasteiger partial charge in [-0.3, -0.25) is 4.79 Å². The lowest BCUT2D eigenvalue weighted by Crippen LogP contribution is -2.59. The topological polar surface area (TPSA) is 26.3 Å². The van der Waals surface area contributed by atoms with Crippen LogP contribution in [0.2, 0.25) is 0 Å².